The third-order valence-electron chi connectivity index (χ3n) is 5.16. The van der Waals surface area contributed by atoms with Crippen molar-refractivity contribution in [1.29, 1.82) is 0 Å². The zero-order chi connectivity index (χ0) is 17.6. The van der Waals surface area contributed by atoms with Gasteiger partial charge in [0.1, 0.15) is 5.60 Å². The smallest absolute Gasteiger partial charge is 0.159 e. The van der Waals surface area contributed by atoms with Crippen molar-refractivity contribution in [2.45, 2.75) is 38.3 Å². The first-order chi connectivity index (χ1) is 12.8. The van der Waals surface area contributed by atoms with Crippen LogP contribution in [0.2, 0.25) is 0 Å². The fourth-order valence-electron chi connectivity index (χ4n) is 3.56. The summed E-state index contributed by atoms with van der Waals surface area (Å²) >= 11 is 0. The van der Waals surface area contributed by atoms with E-state index in [4.69, 9.17) is 4.84 Å². The van der Waals surface area contributed by atoms with Crippen molar-refractivity contribution in [2.24, 2.45) is 0 Å². The first-order valence-corrected chi connectivity index (χ1v) is 8.97. The Bertz CT molecular complexity index is 990. The average molecular weight is 348 g/mol. The molecule has 5 rings (SSSR count). The van der Waals surface area contributed by atoms with Crippen LogP contribution in [0.1, 0.15) is 31.7 Å². The lowest BCUT2D eigenvalue weighted by Crippen LogP contribution is -2.36. The maximum absolute atomic E-state index is 5.86. The number of hydroxylamine groups is 1. The summed E-state index contributed by atoms with van der Waals surface area (Å²) in [4.78, 5) is 14.7. The van der Waals surface area contributed by atoms with Gasteiger partial charge in [-0.25, -0.2) is 9.67 Å². The van der Waals surface area contributed by atoms with E-state index in [0.717, 1.165) is 53.1 Å². The van der Waals surface area contributed by atoms with Gasteiger partial charge in [-0.05, 0) is 44.4 Å². The Balaban J connectivity index is 1.65. The predicted molar refractivity (Wildman–Crippen MR) is 99.5 cm³/mol. The number of rotatable bonds is 4. The molecule has 0 amide bonds. The van der Waals surface area contributed by atoms with Crippen molar-refractivity contribution in [3.63, 3.8) is 0 Å². The second-order valence-corrected chi connectivity index (χ2v) is 6.79. The molecular formula is C19H20N6O. The Kier molecular flexibility index (Phi) is 3.43. The molecule has 0 unspecified atom stereocenters. The Morgan fingerprint density at radius 3 is 2.92 bits per heavy atom. The molecule has 2 aliphatic rings. The van der Waals surface area contributed by atoms with Gasteiger partial charge in [0.15, 0.2) is 5.65 Å². The monoisotopic (exact) mass is 348 g/mol. The second kappa shape index (κ2) is 5.81. The molecule has 1 spiro atoms. The Labute approximate surface area is 151 Å². The van der Waals surface area contributed by atoms with Crippen LogP contribution in [0, 0.1) is 0 Å². The van der Waals surface area contributed by atoms with Gasteiger partial charge in [-0.3, -0.25) is 15.3 Å². The van der Waals surface area contributed by atoms with Crippen LogP contribution in [0.25, 0.3) is 16.7 Å². The molecule has 0 atom stereocenters. The summed E-state index contributed by atoms with van der Waals surface area (Å²) < 4.78 is 1.90. The predicted octanol–water partition coefficient (Wildman–Crippen LogP) is 3.39. The number of hydrogen-bond donors (Lipinski definition) is 2. The molecule has 7 nitrogen and oxygen atoms in total. The highest BCUT2D eigenvalue weighted by Crippen LogP contribution is 2.43. The van der Waals surface area contributed by atoms with E-state index in [1.807, 2.05) is 29.2 Å². The molecule has 7 heteroatoms. The van der Waals surface area contributed by atoms with Crippen molar-refractivity contribution in [3.05, 3.63) is 48.6 Å². The van der Waals surface area contributed by atoms with Crippen LogP contribution in [0.5, 0.6) is 0 Å². The maximum atomic E-state index is 5.86. The summed E-state index contributed by atoms with van der Waals surface area (Å²) in [5, 5.41) is 8.95. The number of fused-ring (bicyclic) bond motifs is 1. The van der Waals surface area contributed by atoms with Crippen molar-refractivity contribution < 1.29 is 4.84 Å². The van der Waals surface area contributed by atoms with Crippen LogP contribution in [-0.4, -0.2) is 25.3 Å². The summed E-state index contributed by atoms with van der Waals surface area (Å²) in [7, 11) is 0. The van der Waals surface area contributed by atoms with E-state index in [2.05, 4.69) is 38.9 Å². The zero-order valence-electron chi connectivity index (χ0n) is 14.6. The fraction of sp³-hybridized carbons (Fsp3) is 0.316. The Morgan fingerprint density at radius 2 is 2.23 bits per heavy atom. The molecular weight excluding hydrogens is 328 g/mol. The second-order valence-electron chi connectivity index (χ2n) is 6.79. The molecule has 2 N–H and O–H groups in total. The van der Waals surface area contributed by atoms with E-state index < -0.39 is 0 Å². The third-order valence-corrected chi connectivity index (χ3v) is 5.16. The lowest BCUT2D eigenvalue weighted by molar-refractivity contribution is -0.0821. The molecule has 0 radical (unpaired) electrons. The van der Waals surface area contributed by atoms with E-state index in [0.29, 0.717) is 0 Å². The number of aryl methyl sites for hydroxylation is 1. The molecule has 0 aromatic carbocycles. The summed E-state index contributed by atoms with van der Waals surface area (Å²) in [6.45, 7) is 2.83. The van der Waals surface area contributed by atoms with Crippen LogP contribution in [-0.2, 0) is 11.4 Å². The standard InChI is InChI=1S/C19H20N6O/c1-2-25-18-15(12-22-25)17(23-13-5-3-8-20-10-13)14(11-21-18)16-9-19(26-24-16)6-4-7-19/h3,5,8-12,24H,2,4,6-7H2,1H3,(H,21,23). The average Bonchev–Trinajstić information content (AvgIpc) is 3.27. The number of nitrogens with one attached hydrogen (secondary N) is 2. The maximum Gasteiger partial charge on any atom is 0.159 e. The molecule has 3 aromatic rings. The molecule has 1 fully saturated rings. The van der Waals surface area contributed by atoms with Crippen LogP contribution >= 0.6 is 0 Å². The molecule has 3 aromatic heterocycles. The van der Waals surface area contributed by atoms with Gasteiger partial charge in [-0.1, -0.05) is 0 Å². The van der Waals surface area contributed by atoms with Crippen LogP contribution in [0.4, 0.5) is 11.4 Å². The van der Waals surface area contributed by atoms with Crippen LogP contribution in [0.3, 0.4) is 0 Å². The van der Waals surface area contributed by atoms with Crippen LogP contribution in [0.15, 0.2) is 43.0 Å². The minimum Gasteiger partial charge on any atom is -0.353 e. The van der Waals surface area contributed by atoms with Gasteiger partial charge in [0.05, 0.1) is 34.9 Å². The number of anilines is 2. The lowest BCUT2D eigenvalue weighted by Gasteiger charge is -2.33. The summed E-state index contributed by atoms with van der Waals surface area (Å²) in [6, 6.07) is 3.91. The Hall–Kier alpha value is -2.93. The fourth-order valence-corrected chi connectivity index (χ4v) is 3.56. The lowest BCUT2D eigenvalue weighted by atomic mass is 9.80. The van der Waals surface area contributed by atoms with E-state index >= 15 is 0 Å². The molecule has 4 heterocycles. The van der Waals surface area contributed by atoms with Crippen LogP contribution < -0.4 is 10.8 Å². The number of pyridine rings is 2. The first-order valence-electron chi connectivity index (χ1n) is 8.97. The highest BCUT2D eigenvalue weighted by molar-refractivity contribution is 5.97. The zero-order valence-corrected chi connectivity index (χ0v) is 14.6. The SMILES string of the molecule is CCn1ncc2c(Nc3cccnc3)c(C3=CC4(CCC4)ON3)cnc21. The number of aromatic nitrogens is 4. The van der Waals surface area contributed by atoms with Gasteiger partial charge in [0, 0.05) is 24.5 Å². The highest BCUT2D eigenvalue weighted by atomic mass is 16.7. The molecule has 26 heavy (non-hydrogen) atoms. The van der Waals surface area contributed by atoms with Crippen molar-refractivity contribution in [3.8, 4) is 0 Å². The van der Waals surface area contributed by atoms with Crippen molar-refractivity contribution in [1.82, 2.24) is 25.2 Å². The van der Waals surface area contributed by atoms with E-state index in [9.17, 15) is 0 Å². The molecule has 0 bridgehead atoms. The molecule has 1 aliphatic carbocycles. The quantitative estimate of drug-likeness (QED) is 0.753. The van der Waals surface area contributed by atoms with E-state index in [1.54, 1.807) is 12.4 Å². The van der Waals surface area contributed by atoms with Gasteiger partial charge in [0.25, 0.3) is 0 Å². The summed E-state index contributed by atoms with van der Waals surface area (Å²) in [6.07, 6.45) is 12.8. The molecule has 0 saturated heterocycles. The number of nitrogens with zero attached hydrogens (tertiary/aromatic N) is 4. The normalized spacial score (nSPS) is 17.8. The molecule has 1 saturated carbocycles. The van der Waals surface area contributed by atoms with E-state index in [-0.39, 0.29) is 5.60 Å². The van der Waals surface area contributed by atoms with Gasteiger partial charge in [0.2, 0.25) is 0 Å². The minimum absolute atomic E-state index is 0.149. The topological polar surface area (TPSA) is 76.9 Å². The third kappa shape index (κ3) is 2.35. The summed E-state index contributed by atoms with van der Waals surface area (Å²) in [5.41, 5.74) is 7.63. The first kappa shape index (κ1) is 15.3. The van der Waals surface area contributed by atoms with Gasteiger partial charge < -0.3 is 5.32 Å². The summed E-state index contributed by atoms with van der Waals surface area (Å²) in [5.74, 6) is 0. The van der Waals surface area contributed by atoms with Crippen molar-refractivity contribution in [2.75, 3.05) is 5.32 Å². The van der Waals surface area contributed by atoms with Gasteiger partial charge in [-0.15, -0.1) is 0 Å². The van der Waals surface area contributed by atoms with E-state index in [1.165, 1.54) is 6.42 Å². The number of hydrogen-bond acceptors (Lipinski definition) is 6. The van der Waals surface area contributed by atoms with Crippen molar-refractivity contribution >= 4 is 28.1 Å². The minimum atomic E-state index is -0.149. The van der Waals surface area contributed by atoms with Gasteiger partial charge in [-0.2, -0.15) is 5.10 Å². The van der Waals surface area contributed by atoms with Gasteiger partial charge >= 0.3 is 0 Å². The molecule has 132 valence electrons. The highest BCUT2D eigenvalue weighted by Gasteiger charge is 2.41. The molecule has 1 aliphatic heterocycles. The Morgan fingerprint density at radius 1 is 1.31 bits per heavy atom. The largest absolute Gasteiger partial charge is 0.353 e.